The Kier molecular flexibility index (Phi) is 4.46. The van der Waals surface area contributed by atoms with Crippen LogP contribution in [0.4, 0.5) is 0 Å². The van der Waals surface area contributed by atoms with Gasteiger partial charge in [0, 0.05) is 11.1 Å². The maximum absolute atomic E-state index is 11.8. The van der Waals surface area contributed by atoms with Crippen LogP contribution in [0.2, 0.25) is 0 Å². The molecule has 3 heteroatoms. The number of unbranched alkanes of at least 4 members (excludes halogenated alkanes) is 4. The van der Waals surface area contributed by atoms with E-state index >= 15 is 0 Å². The zero-order chi connectivity index (χ0) is 13.0. The molecule has 0 aliphatic carbocycles. The first-order valence-electron chi connectivity index (χ1n) is 6.72. The van der Waals surface area contributed by atoms with Crippen molar-refractivity contribution in [2.45, 2.75) is 50.4 Å². The van der Waals surface area contributed by atoms with E-state index in [9.17, 15) is 9.90 Å². The van der Waals surface area contributed by atoms with E-state index in [2.05, 4.69) is 6.92 Å². The number of hydrogen-bond donors (Lipinski definition) is 1. The van der Waals surface area contributed by atoms with Gasteiger partial charge in [-0.1, -0.05) is 56.9 Å². The minimum atomic E-state index is -0.986. The highest BCUT2D eigenvalue weighted by Gasteiger charge is 2.41. The molecule has 0 radical (unpaired) electrons. The first-order valence-corrected chi connectivity index (χ1v) is 7.54. The van der Waals surface area contributed by atoms with Crippen molar-refractivity contribution in [2.24, 2.45) is 0 Å². The zero-order valence-electron chi connectivity index (χ0n) is 10.8. The molecule has 0 spiro atoms. The van der Waals surface area contributed by atoms with Gasteiger partial charge in [-0.25, -0.2) is 0 Å². The summed E-state index contributed by atoms with van der Waals surface area (Å²) in [7, 11) is 0. The highest BCUT2D eigenvalue weighted by atomic mass is 32.2. The van der Waals surface area contributed by atoms with Gasteiger partial charge in [-0.2, -0.15) is 0 Å². The summed E-state index contributed by atoms with van der Waals surface area (Å²) in [6.45, 7) is 2.19. The van der Waals surface area contributed by atoms with E-state index in [4.69, 9.17) is 0 Å². The summed E-state index contributed by atoms with van der Waals surface area (Å²) in [5.41, 5.74) is 1.48. The third-order valence-corrected chi connectivity index (χ3v) is 4.62. The van der Waals surface area contributed by atoms with Gasteiger partial charge in [0.2, 0.25) is 5.12 Å². The van der Waals surface area contributed by atoms with Crippen LogP contribution < -0.4 is 0 Å². The van der Waals surface area contributed by atoms with Crippen molar-refractivity contribution in [2.75, 3.05) is 0 Å². The summed E-state index contributed by atoms with van der Waals surface area (Å²) >= 11 is 1.08. The van der Waals surface area contributed by atoms with Crippen LogP contribution >= 0.6 is 11.8 Å². The number of thioether (sulfide) groups is 1. The van der Waals surface area contributed by atoms with Crippen molar-refractivity contribution < 1.29 is 9.90 Å². The number of carbonyl (C=O) groups excluding carboxylic acids is 1. The highest BCUT2D eigenvalue weighted by molar-refractivity contribution is 8.15. The topological polar surface area (TPSA) is 37.3 Å². The van der Waals surface area contributed by atoms with Crippen molar-refractivity contribution in [1.82, 2.24) is 0 Å². The van der Waals surface area contributed by atoms with Gasteiger partial charge in [0.05, 0.1) is 0 Å². The van der Waals surface area contributed by atoms with Crippen LogP contribution in [0.25, 0.3) is 0 Å². The summed E-state index contributed by atoms with van der Waals surface area (Å²) in [4.78, 5) is 10.8. The molecular formula is C15H20O2S. The molecule has 0 bridgehead atoms. The van der Waals surface area contributed by atoms with Crippen LogP contribution in [-0.4, -0.2) is 10.2 Å². The molecule has 0 aromatic heterocycles. The Morgan fingerprint density at radius 3 is 2.67 bits per heavy atom. The Bertz CT molecular complexity index is 430. The lowest BCUT2D eigenvalue weighted by atomic mass is 9.98. The first kappa shape index (κ1) is 13.6. The van der Waals surface area contributed by atoms with Gasteiger partial charge in [0.1, 0.15) is 4.93 Å². The molecule has 1 aromatic carbocycles. The molecule has 1 N–H and O–H groups in total. The largest absolute Gasteiger partial charge is 0.375 e. The maximum Gasteiger partial charge on any atom is 0.222 e. The molecule has 0 amide bonds. The lowest BCUT2D eigenvalue weighted by molar-refractivity contribution is 0.108. The molecule has 18 heavy (non-hydrogen) atoms. The molecule has 1 atom stereocenters. The molecule has 0 saturated carbocycles. The minimum Gasteiger partial charge on any atom is -0.375 e. The summed E-state index contributed by atoms with van der Waals surface area (Å²) < 4.78 is 0. The van der Waals surface area contributed by atoms with Crippen molar-refractivity contribution in [3.05, 3.63) is 35.4 Å². The Balaban J connectivity index is 1.98. The fraction of sp³-hybridized carbons (Fsp3) is 0.533. The molecule has 1 heterocycles. The smallest absolute Gasteiger partial charge is 0.222 e. The molecular weight excluding hydrogens is 244 g/mol. The predicted molar refractivity (Wildman–Crippen MR) is 75.6 cm³/mol. The zero-order valence-corrected chi connectivity index (χ0v) is 11.6. The quantitative estimate of drug-likeness (QED) is 0.787. The van der Waals surface area contributed by atoms with E-state index in [-0.39, 0.29) is 5.12 Å². The van der Waals surface area contributed by atoms with Crippen LogP contribution in [0, 0.1) is 0 Å². The minimum absolute atomic E-state index is 0.00154. The van der Waals surface area contributed by atoms with Gasteiger partial charge in [0.25, 0.3) is 0 Å². The third-order valence-electron chi connectivity index (χ3n) is 3.45. The molecule has 1 aromatic rings. The fourth-order valence-electron chi connectivity index (χ4n) is 2.42. The molecule has 2 rings (SSSR count). The second-order valence-corrected chi connectivity index (χ2v) is 6.13. The van der Waals surface area contributed by atoms with Gasteiger partial charge < -0.3 is 5.11 Å². The summed E-state index contributed by atoms with van der Waals surface area (Å²) in [5.74, 6) is 0. The summed E-state index contributed by atoms with van der Waals surface area (Å²) in [6, 6.07) is 7.42. The van der Waals surface area contributed by atoms with Crippen molar-refractivity contribution in [1.29, 1.82) is 0 Å². The van der Waals surface area contributed by atoms with Gasteiger partial charge in [-0.05, 0) is 24.6 Å². The molecule has 1 unspecified atom stereocenters. The number of hydrogen-bond acceptors (Lipinski definition) is 3. The second kappa shape index (κ2) is 5.89. The van der Waals surface area contributed by atoms with E-state index < -0.39 is 4.93 Å². The fourth-order valence-corrected chi connectivity index (χ4v) is 3.55. The Morgan fingerprint density at radius 1 is 1.17 bits per heavy atom. The van der Waals surface area contributed by atoms with Crippen LogP contribution in [-0.2, 0) is 4.93 Å². The van der Waals surface area contributed by atoms with Gasteiger partial charge in [0.15, 0.2) is 0 Å². The monoisotopic (exact) mass is 264 g/mol. The van der Waals surface area contributed by atoms with Crippen molar-refractivity contribution in [3.8, 4) is 0 Å². The number of rotatable bonds is 6. The third kappa shape index (κ3) is 2.78. The number of aliphatic hydroxyl groups is 1. The molecule has 1 aliphatic rings. The summed E-state index contributed by atoms with van der Waals surface area (Å²) in [5, 5.41) is 10.6. The molecule has 98 valence electrons. The number of fused-ring (bicyclic) bond motifs is 1. The maximum atomic E-state index is 11.8. The van der Waals surface area contributed by atoms with Crippen LogP contribution in [0.5, 0.6) is 0 Å². The molecule has 0 fully saturated rings. The molecule has 1 aliphatic heterocycles. The SMILES string of the molecule is CCCCCCCC1(O)SC(=O)c2ccccc21. The second-order valence-electron chi connectivity index (χ2n) is 4.88. The van der Waals surface area contributed by atoms with Crippen molar-refractivity contribution >= 4 is 16.9 Å². The summed E-state index contributed by atoms with van der Waals surface area (Å²) in [6.07, 6.45) is 6.47. The van der Waals surface area contributed by atoms with E-state index in [1.165, 1.54) is 19.3 Å². The van der Waals surface area contributed by atoms with Crippen LogP contribution in [0.15, 0.2) is 24.3 Å². The van der Waals surface area contributed by atoms with Gasteiger partial charge >= 0.3 is 0 Å². The van der Waals surface area contributed by atoms with E-state index in [1.54, 1.807) is 6.07 Å². The standard InChI is InChI=1S/C15H20O2S/c1-2-3-4-5-8-11-15(17)13-10-7-6-9-12(13)14(16)18-15/h6-7,9-10,17H,2-5,8,11H2,1H3. The van der Waals surface area contributed by atoms with E-state index in [1.807, 2.05) is 18.2 Å². The Morgan fingerprint density at radius 2 is 1.89 bits per heavy atom. The van der Waals surface area contributed by atoms with Gasteiger partial charge in [-0.3, -0.25) is 4.79 Å². The van der Waals surface area contributed by atoms with E-state index in [0.29, 0.717) is 12.0 Å². The van der Waals surface area contributed by atoms with Crippen LogP contribution in [0.3, 0.4) is 0 Å². The molecule has 2 nitrogen and oxygen atoms in total. The van der Waals surface area contributed by atoms with Crippen LogP contribution in [0.1, 0.15) is 61.4 Å². The lowest BCUT2D eigenvalue weighted by Gasteiger charge is -2.21. The molecule has 0 saturated heterocycles. The average Bonchev–Trinajstić information content (AvgIpc) is 2.63. The van der Waals surface area contributed by atoms with Gasteiger partial charge in [-0.15, -0.1) is 0 Å². The average molecular weight is 264 g/mol. The highest BCUT2D eigenvalue weighted by Crippen LogP contribution is 2.47. The Hall–Kier alpha value is -0.800. The lowest BCUT2D eigenvalue weighted by Crippen LogP contribution is -2.18. The normalized spacial score (nSPS) is 22.2. The number of carbonyl (C=O) groups is 1. The van der Waals surface area contributed by atoms with E-state index in [0.717, 1.165) is 30.2 Å². The Labute approximate surface area is 113 Å². The number of benzene rings is 1. The predicted octanol–water partition coefficient (Wildman–Crippen LogP) is 4.08. The first-order chi connectivity index (χ1) is 8.67. The van der Waals surface area contributed by atoms with Crippen molar-refractivity contribution in [3.63, 3.8) is 0 Å².